The lowest BCUT2D eigenvalue weighted by Gasteiger charge is -2.17. The van der Waals surface area contributed by atoms with Crippen LogP contribution in [0.2, 0.25) is 0 Å². The summed E-state index contributed by atoms with van der Waals surface area (Å²) in [6, 6.07) is 5.66. The first-order valence-electron chi connectivity index (χ1n) is 10.1. The molecule has 0 aliphatic heterocycles. The van der Waals surface area contributed by atoms with E-state index in [1.807, 2.05) is 50.6 Å². The maximum absolute atomic E-state index is 13.6. The van der Waals surface area contributed by atoms with Crippen LogP contribution < -0.4 is 4.74 Å². The highest BCUT2D eigenvalue weighted by Gasteiger charge is 2.19. The molecular formula is C23H30FN3O2. The lowest BCUT2D eigenvalue weighted by atomic mass is 10.0. The molecule has 156 valence electrons. The standard InChI is InChI=1S/C23H30FN3O2/c1-7-19-18(8-9-21(25-19)29-14(2)3)22-15(4)10-20-23(26-22)16(5)12-27(20)17(11-24)13-28-6/h8-10,12,14,17H,7,11,13H2,1-6H3/t17-/m1/s1. The van der Waals surface area contributed by atoms with Crippen LogP contribution in [0.15, 0.2) is 24.4 Å². The smallest absolute Gasteiger partial charge is 0.213 e. The van der Waals surface area contributed by atoms with Gasteiger partial charge in [0.2, 0.25) is 5.88 Å². The van der Waals surface area contributed by atoms with Gasteiger partial charge in [-0.15, -0.1) is 0 Å². The third-order valence-corrected chi connectivity index (χ3v) is 5.00. The predicted octanol–water partition coefficient (Wildman–Crippen LogP) is 5.22. The Bertz CT molecular complexity index is 997. The molecule has 0 aliphatic carbocycles. The Hall–Kier alpha value is -2.47. The average molecular weight is 400 g/mol. The van der Waals surface area contributed by atoms with Crippen molar-refractivity contribution in [2.24, 2.45) is 0 Å². The third-order valence-electron chi connectivity index (χ3n) is 5.00. The van der Waals surface area contributed by atoms with Gasteiger partial charge in [0, 0.05) is 24.9 Å². The number of alkyl halides is 1. The normalized spacial score (nSPS) is 12.7. The molecule has 6 heteroatoms. The number of aryl methyl sites for hydroxylation is 3. The van der Waals surface area contributed by atoms with E-state index in [9.17, 15) is 4.39 Å². The summed E-state index contributed by atoms with van der Waals surface area (Å²) >= 11 is 0. The van der Waals surface area contributed by atoms with E-state index in [-0.39, 0.29) is 12.1 Å². The van der Waals surface area contributed by atoms with Crippen LogP contribution in [0, 0.1) is 13.8 Å². The van der Waals surface area contributed by atoms with Crippen LogP contribution in [-0.4, -0.2) is 41.0 Å². The van der Waals surface area contributed by atoms with Crippen molar-refractivity contribution in [3.63, 3.8) is 0 Å². The molecule has 3 aromatic rings. The van der Waals surface area contributed by atoms with E-state index in [2.05, 4.69) is 18.0 Å². The maximum atomic E-state index is 13.6. The van der Waals surface area contributed by atoms with Gasteiger partial charge in [-0.05, 0) is 57.4 Å². The number of ether oxygens (including phenoxy) is 2. The van der Waals surface area contributed by atoms with Crippen molar-refractivity contribution in [1.29, 1.82) is 0 Å². The van der Waals surface area contributed by atoms with Crippen LogP contribution in [0.1, 0.15) is 43.6 Å². The molecule has 0 aromatic carbocycles. The van der Waals surface area contributed by atoms with E-state index in [0.29, 0.717) is 12.5 Å². The van der Waals surface area contributed by atoms with Gasteiger partial charge in [0.1, 0.15) is 6.67 Å². The molecule has 0 radical (unpaired) electrons. The predicted molar refractivity (Wildman–Crippen MR) is 114 cm³/mol. The first kappa shape index (κ1) is 21.2. The van der Waals surface area contributed by atoms with E-state index in [4.69, 9.17) is 14.5 Å². The Balaban J connectivity index is 2.12. The van der Waals surface area contributed by atoms with Crippen molar-refractivity contribution >= 4 is 11.0 Å². The Kier molecular flexibility index (Phi) is 6.52. The topological polar surface area (TPSA) is 49.2 Å². The van der Waals surface area contributed by atoms with Gasteiger partial charge in [-0.25, -0.2) is 14.4 Å². The summed E-state index contributed by atoms with van der Waals surface area (Å²) in [4.78, 5) is 9.67. The first-order valence-corrected chi connectivity index (χ1v) is 10.1. The fraction of sp³-hybridized carbons (Fsp3) is 0.478. The van der Waals surface area contributed by atoms with Crippen molar-refractivity contribution in [2.45, 2.75) is 53.2 Å². The second-order valence-electron chi connectivity index (χ2n) is 7.67. The lowest BCUT2D eigenvalue weighted by molar-refractivity contribution is 0.142. The number of rotatable bonds is 8. The van der Waals surface area contributed by atoms with Gasteiger partial charge >= 0.3 is 0 Å². The molecule has 0 aliphatic rings. The number of pyridine rings is 2. The molecule has 29 heavy (non-hydrogen) atoms. The average Bonchev–Trinajstić information content (AvgIpc) is 3.00. The van der Waals surface area contributed by atoms with Gasteiger partial charge in [0.25, 0.3) is 0 Å². The molecule has 1 atom stereocenters. The Morgan fingerprint density at radius 2 is 1.90 bits per heavy atom. The van der Waals surface area contributed by atoms with E-state index in [1.165, 1.54) is 0 Å². The summed E-state index contributed by atoms with van der Waals surface area (Å²) in [5.41, 5.74) is 6.72. The maximum Gasteiger partial charge on any atom is 0.213 e. The molecule has 0 saturated carbocycles. The van der Waals surface area contributed by atoms with E-state index in [0.717, 1.165) is 45.5 Å². The zero-order valence-corrected chi connectivity index (χ0v) is 18.1. The summed E-state index contributed by atoms with van der Waals surface area (Å²) in [5.74, 6) is 0.631. The molecule has 5 nitrogen and oxygen atoms in total. The molecule has 0 unspecified atom stereocenters. The van der Waals surface area contributed by atoms with Gasteiger partial charge in [-0.3, -0.25) is 0 Å². The van der Waals surface area contributed by atoms with Crippen molar-refractivity contribution in [3.8, 4) is 17.1 Å². The van der Waals surface area contributed by atoms with Gasteiger partial charge < -0.3 is 14.0 Å². The summed E-state index contributed by atoms with van der Waals surface area (Å²) < 4.78 is 26.5. The third kappa shape index (κ3) is 4.27. The van der Waals surface area contributed by atoms with Crippen molar-refractivity contribution < 1.29 is 13.9 Å². The number of hydrogen-bond acceptors (Lipinski definition) is 4. The Labute approximate surface area is 171 Å². The zero-order chi connectivity index (χ0) is 21.1. The molecule has 3 heterocycles. The zero-order valence-electron chi connectivity index (χ0n) is 18.1. The fourth-order valence-corrected chi connectivity index (χ4v) is 3.67. The van der Waals surface area contributed by atoms with Crippen LogP contribution in [0.3, 0.4) is 0 Å². The van der Waals surface area contributed by atoms with E-state index >= 15 is 0 Å². The van der Waals surface area contributed by atoms with Gasteiger partial charge in [-0.2, -0.15) is 0 Å². The fourth-order valence-electron chi connectivity index (χ4n) is 3.67. The van der Waals surface area contributed by atoms with Crippen LogP contribution in [0.4, 0.5) is 4.39 Å². The molecule has 3 rings (SSSR count). The molecule has 0 bridgehead atoms. The summed E-state index contributed by atoms with van der Waals surface area (Å²) in [7, 11) is 1.59. The van der Waals surface area contributed by atoms with E-state index < -0.39 is 6.67 Å². The Morgan fingerprint density at radius 3 is 2.52 bits per heavy atom. The molecule has 0 N–H and O–H groups in total. The van der Waals surface area contributed by atoms with Gasteiger partial charge in [-0.1, -0.05) is 6.92 Å². The molecule has 0 saturated heterocycles. The van der Waals surface area contributed by atoms with Crippen LogP contribution in [0.25, 0.3) is 22.3 Å². The SMILES string of the molecule is CCc1nc(OC(C)C)ccc1-c1nc2c(C)cn([C@H](CF)COC)c2cc1C. The molecule has 3 aromatic heterocycles. The number of halogens is 1. The van der Waals surface area contributed by atoms with Crippen LogP contribution >= 0.6 is 0 Å². The van der Waals surface area contributed by atoms with E-state index in [1.54, 1.807) is 7.11 Å². The van der Waals surface area contributed by atoms with Crippen LogP contribution in [-0.2, 0) is 11.2 Å². The largest absolute Gasteiger partial charge is 0.475 e. The summed E-state index contributed by atoms with van der Waals surface area (Å²) in [6.45, 7) is 9.93. The first-order chi connectivity index (χ1) is 13.9. The minimum atomic E-state index is -0.487. The number of nitrogens with zero attached hydrogens (tertiary/aromatic N) is 3. The number of fused-ring (bicyclic) bond motifs is 1. The minimum absolute atomic E-state index is 0.0761. The second kappa shape index (κ2) is 8.91. The highest BCUT2D eigenvalue weighted by atomic mass is 19.1. The molecular weight excluding hydrogens is 369 g/mol. The summed E-state index contributed by atoms with van der Waals surface area (Å²) in [5, 5.41) is 0. The number of hydrogen-bond donors (Lipinski definition) is 0. The molecule has 0 spiro atoms. The second-order valence-corrected chi connectivity index (χ2v) is 7.67. The quantitative estimate of drug-likeness (QED) is 0.521. The van der Waals surface area contributed by atoms with Gasteiger partial charge in [0.05, 0.1) is 41.2 Å². The lowest BCUT2D eigenvalue weighted by Crippen LogP contribution is -2.15. The van der Waals surface area contributed by atoms with Gasteiger partial charge in [0.15, 0.2) is 0 Å². The highest BCUT2D eigenvalue weighted by Crippen LogP contribution is 2.32. The van der Waals surface area contributed by atoms with Crippen LogP contribution in [0.5, 0.6) is 5.88 Å². The van der Waals surface area contributed by atoms with Crippen molar-refractivity contribution in [2.75, 3.05) is 20.4 Å². The summed E-state index contributed by atoms with van der Waals surface area (Å²) in [6.07, 6.45) is 2.82. The number of aromatic nitrogens is 3. The molecule has 0 fully saturated rings. The highest BCUT2D eigenvalue weighted by molar-refractivity contribution is 5.84. The molecule has 0 amide bonds. The monoisotopic (exact) mass is 399 g/mol. The Morgan fingerprint density at radius 1 is 1.14 bits per heavy atom. The van der Waals surface area contributed by atoms with Crippen molar-refractivity contribution in [1.82, 2.24) is 14.5 Å². The minimum Gasteiger partial charge on any atom is -0.475 e. The van der Waals surface area contributed by atoms with Crippen molar-refractivity contribution in [3.05, 3.63) is 41.2 Å². The number of methoxy groups -OCH3 is 1.